The van der Waals surface area contributed by atoms with Gasteiger partial charge in [-0.25, -0.2) is 0 Å². The Morgan fingerprint density at radius 1 is 1.07 bits per heavy atom. The zero-order chi connectivity index (χ0) is 21.6. The van der Waals surface area contributed by atoms with Crippen LogP contribution in [0.5, 0.6) is 0 Å². The van der Waals surface area contributed by atoms with Gasteiger partial charge in [0.2, 0.25) is 11.8 Å². The Morgan fingerprint density at radius 3 is 2.40 bits per heavy atom. The first-order valence-corrected chi connectivity index (χ1v) is 10.1. The van der Waals surface area contributed by atoms with Gasteiger partial charge in [-0.15, -0.1) is 0 Å². The van der Waals surface area contributed by atoms with E-state index in [1.54, 1.807) is 18.2 Å². The van der Waals surface area contributed by atoms with Crippen molar-refractivity contribution in [2.24, 2.45) is 5.92 Å². The summed E-state index contributed by atoms with van der Waals surface area (Å²) < 4.78 is 0. The Balaban J connectivity index is 1.60. The summed E-state index contributed by atoms with van der Waals surface area (Å²) in [6.07, 6.45) is 2.67. The molecule has 2 N–H and O–H groups in total. The lowest BCUT2D eigenvalue weighted by molar-refractivity contribution is -0.143. The molecular formula is C21H23N3O6. The molecule has 4 amide bonds. The number of benzene rings is 1. The van der Waals surface area contributed by atoms with Gasteiger partial charge in [-0.2, -0.15) is 0 Å². The molecule has 30 heavy (non-hydrogen) atoms. The van der Waals surface area contributed by atoms with Crippen LogP contribution in [0, 0.1) is 5.92 Å². The van der Waals surface area contributed by atoms with Crippen molar-refractivity contribution in [1.29, 1.82) is 0 Å². The Labute approximate surface area is 173 Å². The highest BCUT2D eigenvalue weighted by Crippen LogP contribution is 2.37. The van der Waals surface area contributed by atoms with Crippen LogP contribution in [0.2, 0.25) is 0 Å². The number of fused-ring (bicyclic) bond motifs is 1. The van der Waals surface area contributed by atoms with E-state index >= 15 is 0 Å². The number of imide groups is 2. The minimum Gasteiger partial charge on any atom is -0.481 e. The molecule has 9 heteroatoms. The number of nitrogens with zero attached hydrogens (tertiary/aromatic N) is 2. The number of carbonyl (C=O) groups excluding carboxylic acids is 4. The van der Waals surface area contributed by atoms with Crippen molar-refractivity contribution < 1.29 is 29.1 Å². The van der Waals surface area contributed by atoms with Crippen LogP contribution in [-0.2, 0) is 14.4 Å². The normalized spacial score (nSPS) is 26.4. The average molecular weight is 413 g/mol. The molecule has 1 saturated heterocycles. The number of aliphatic carboxylic acids is 1. The third-order valence-electron chi connectivity index (χ3n) is 6.42. The molecule has 1 saturated carbocycles. The summed E-state index contributed by atoms with van der Waals surface area (Å²) in [4.78, 5) is 64.0. The van der Waals surface area contributed by atoms with Gasteiger partial charge in [0.15, 0.2) is 0 Å². The number of carbonyl (C=O) groups is 5. The Kier molecular flexibility index (Phi) is 5.05. The van der Waals surface area contributed by atoms with Crippen LogP contribution in [0.25, 0.3) is 0 Å². The van der Waals surface area contributed by atoms with Crippen molar-refractivity contribution in [3.63, 3.8) is 0 Å². The van der Waals surface area contributed by atoms with Crippen molar-refractivity contribution in [1.82, 2.24) is 10.2 Å². The number of rotatable bonds is 4. The third kappa shape index (κ3) is 3.24. The summed E-state index contributed by atoms with van der Waals surface area (Å²) in [6, 6.07) is 4.09. The second kappa shape index (κ2) is 7.55. The monoisotopic (exact) mass is 413 g/mol. The fraction of sp³-hybridized carbons (Fsp3) is 0.476. The molecule has 0 aromatic heterocycles. The zero-order valence-corrected chi connectivity index (χ0v) is 16.6. The minimum absolute atomic E-state index is 0.0552. The molecular weight excluding hydrogens is 390 g/mol. The SMILES string of the molecule is CN(c1cccc2c1C(=O)N(C1CCC(=O)NC1=O)C2=O)[C@H]1CC[C@H](C(=O)O)CC1. The third-order valence-corrected chi connectivity index (χ3v) is 6.42. The standard InChI is InChI=1S/C21H23N3O6/c1-23(12-7-5-11(6-8-12)21(29)30)14-4-2-3-13-17(14)20(28)24(19(13)27)15-9-10-16(25)22-18(15)26/h2-4,11-12,15H,5-10H2,1H3,(H,29,30)(H,22,25,26)/t11-,12-,15?. The lowest BCUT2D eigenvalue weighted by Crippen LogP contribution is -2.54. The second-order valence-electron chi connectivity index (χ2n) is 8.10. The van der Waals surface area contributed by atoms with E-state index in [1.807, 2.05) is 11.9 Å². The van der Waals surface area contributed by atoms with Crippen molar-refractivity contribution in [3.8, 4) is 0 Å². The molecule has 1 aromatic carbocycles. The minimum atomic E-state index is -1.00. The molecule has 1 aliphatic carbocycles. The average Bonchev–Trinajstić information content (AvgIpc) is 2.98. The number of carboxylic acids is 1. The molecule has 2 fully saturated rings. The molecule has 2 aliphatic heterocycles. The van der Waals surface area contributed by atoms with E-state index in [2.05, 4.69) is 5.32 Å². The molecule has 4 rings (SSSR count). The molecule has 2 heterocycles. The predicted molar refractivity (Wildman–Crippen MR) is 105 cm³/mol. The molecule has 158 valence electrons. The lowest BCUT2D eigenvalue weighted by Gasteiger charge is -2.35. The fourth-order valence-electron chi connectivity index (χ4n) is 4.70. The summed E-state index contributed by atoms with van der Waals surface area (Å²) >= 11 is 0. The van der Waals surface area contributed by atoms with Gasteiger partial charge in [-0.3, -0.25) is 34.2 Å². The molecule has 3 aliphatic rings. The number of anilines is 1. The Hall–Kier alpha value is -3.23. The van der Waals surface area contributed by atoms with E-state index in [0.29, 0.717) is 31.4 Å². The summed E-state index contributed by atoms with van der Waals surface area (Å²) in [6.45, 7) is 0. The number of hydrogen-bond acceptors (Lipinski definition) is 6. The van der Waals surface area contributed by atoms with Gasteiger partial charge in [0.1, 0.15) is 6.04 Å². The van der Waals surface area contributed by atoms with E-state index in [0.717, 1.165) is 4.90 Å². The predicted octanol–water partition coefficient (Wildman–Crippen LogP) is 1.17. The summed E-state index contributed by atoms with van der Waals surface area (Å²) in [5.74, 6) is -3.24. The Morgan fingerprint density at radius 2 is 1.77 bits per heavy atom. The van der Waals surface area contributed by atoms with Crippen LogP contribution < -0.4 is 10.2 Å². The highest BCUT2D eigenvalue weighted by molar-refractivity contribution is 6.25. The maximum atomic E-state index is 13.2. The molecule has 0 radical (unpaired) electrons. The van der Waals surface area contributed by atoms with Crippen molar-refractivity contribution in [2.45, 2.75) is 50.6 Å². The van der Waals surface area contributed by atoms with E-state index in [9.17, 15) is 29.1 Å². The summed E-state index contributed by atoms with van der Waals surface area (Å²) in [5, 5.41) is 11.4. The van der Waals surface area contributed by atoms with E-state index in [1.165, 1.54) is 0 Å². The maximum absolute atomic E-state index is 13.2. The van der Waals surface area contributed by atoms with Crippen molar-refractivity contribution in [3.05, 3.63) is 29.3 Å². The van der Waals surface area contributed by atoms with Crippen molar-refractivity contribution >= 4 is 35.3 Å². The lowest BCUT2D eigenvalue weighted by atomic mass is 9.85. The molecule has 0 bridgehead atoms. The first-order valence-electron chi connectivity index (χ1n) is 10.1. The summed E-state index contributed by atoms with van der Waals surface area (Å²) in [5.41, 5.74) is 1.10. The quantitative estimate of drug-likeness (QED) is 0.710. The first kappa shape index (κ1) is 20.1. The topological polar surface area (TPSA) is 124 Å². The number of piperidine rings is 1. The molecule has 1 atom stereocenters. The van der Waals surface area contributed by atoms with Gasteiger partial charge < -0.3 is 10.0 Å². The zero-order valence-electron chi connectivity index (χ0n) is 16.6. The largest absolute Gasteiger partial charge is 0.481 e. The number of nitrogens with one attached hydrogen (secondary N) is 1. The van der Waals surface area contributed by atoms with E-state index < -0.39 is 35.6 Å². The van der Waals surface area contributed by atoms with Gasteiger partial charge in [-0.05, 0) is 44.2 Å². The van der Waals surface area contributed by atoms with Crippen LogP contribution in [0.1, 0.15) is 59.2 Å². The van der Waals surface area contributed by atoms with Crippen LogP contribution >= 0.6 is 0 Å². The van der Waals surface area contributed by atoms with Gasteiger partial charge in [-0.1, -0.05) is 6.07 Å². The van der Waals surface area contributed by atoms with Crippen LogP contribution in [-0.4, -0.2) is 58.7 Å². The molecule has 0 spiro atoms. The highest BCUT2D eigenvalue weighted by atomic mass is 16.4. The fourth-order valence-corrected chi connectivity index (χ4v) is 4.70. The van der Waals surface area contributed by atoms with E-state index in [4.69, 9.17) is 0 Å². The number of amides is 4. The highest BCUT2D eigenvalue weighted by Gasteiger charge is 2.46. The molecule has 1 unspecified atom stereocenters. The number of carboxylic acid groups (broad SMARTS) is 1. The van der Waals surface area contributed by atoms with Crippen LogP contribution in [0.4, 0.5) is 5.69 Å². The maximum Gasteiger partial charge on any atom is 0.306 e. The van der Waals surface area contributed by atoms with Gasteiger partial charge in [0.05, 0.1) is 22.7 Å². The van der Waals surface area contributed by atoms with Gasteiger partial charge >= 0.3 is 5.97 Å². The first-order chi connectivity index (χ1) is 14.3. The second-order valence-corrected chi connectivity index (χ2v) is 8.10. The molecule has 9 nitrogen and oxygen atoms in total. The smallest absolute Gasteiger partial charge is 0.306 e. The number of hydrogen-bond donors (Lipinski definition) is 2. The van der Waals surface area contributed by atoms with Gasteiger partial charge in [0.25, 0.3) is 11.8 Å². The van der Waals surface area contributed by atoms with Crippen molar-refractivity contribution in [2.75, 3.05) is 11.9 Å². The summed E-state index contributed by atoms with van der Waals surface area (Å²) in [7, 11) is 1.84. The van der Waals surface area contributed by atoms with Crippen LogP contribution in [0.15, 0.2) is 18.2 Å². The van der Waals surface area contributed by atoms with Crippen LogP contribution in [0.3, 0.4) is 0 Å². The van der Waals surface area contributed by atoms with Gasteiger partial charge in [0, 0.05) is 19.5 Å². The molecule has 1 aromatic rings. The van der Waals surface area contributed by atoms with E-state index in [-0.39, 0.29) is 35.9 Å². The Bertz CT molecular complexity index is 950.